The fraction of sp³-hybridized carbons (Fsp3) is 0.364. The summed E-state index contributed by atoms with van der Waals surface area (Å²) in [5.41, 5.74) is 5.82. The fourth-order valence-corrected chi connectivity index (χ4v) is 1.44. The van der Waals surface area contributed by atoms with Crippen LogP contribution in [0.2, 0.25) is 5.02 Å². The van der Waals surface area contributed by atoms with Crippen molar-refractivity contribution in [1.82, 2.24) is 0 Å². The van der Waals surface area contributed by atoms with Gasteiger partial charge in [-0.25, -0.2) is 0 Å². The van der Waals surface area contributed by atoms with Crippen LogP contribution in [-0.2, 0) is 0 Å². The van der Waals surface area contributed by atoms with Gasteiger partial charge in [-0.15, -0.1) is 0 Å². The molecule has 76 valence electrons. The maximum Gasteiger partial charge on any atom is 0.166 e. The van der Waals surface area contributed by atoms with Gasteiger partial charge in [-0.3, -0.25) is 4.79 Å². The summed E-state index contributed by atoms with van der Waals surface area (Å²) in [6.07, 6.45) is 0.302. The number of benzene rings is 1. The quantitative estimate of drug-likeness (QED) is 0.782. The molecule has 0 heterocycles. The zero-order chi connectivity index (χ0) is 10.8. The molecule has 0 spiro atoms. The largest absolute Gasteiger partial charge is 0.325 e. The number of nitrogens with two attached hydrogens (primary N) is 1. The van der Waals surface area contributed by atoms with E-state index in [1.165, 1.54) is 0 Å². The van der Waals surface area contributed by atoms with Crippen LogP contribution in [0.5, 0.6) is 0 Å². The summed E-state index contributed by atoms with van der Waals surface area (Å²) in [7, 11) is 0. The third-order valence-corrected chi connectivity index (χ3v) is 2.12. The predicted molar refractivity (Wildman–Crippen MR) is 58.7 cm³/mol. The first kappa shape index (κ1) is 11.2. The van der Waals surface area contributed by atoms with E-state index < -0.39 is 5.54 Å². The summed E-state index contributed by atoms with van der Waals surface area (Å²) in [5, 5.41) is 0.488. The minimum atomic E-state index is -0.490. The van der Waals surface area contributed by atoms with E-state index >= 15 is 0 Å². The molecule has 0 aromatic heterocycles. The lowest BCUT2D eigenvalue weighted by Gasteiger charge is -2.17. The summed E-state index contributed by atoms with van der Waals surface area (Å²) in [4.78, 5) is 11.7. The third-order valence-electron chi connectivity index (χ3n) is 1.79. The van der Waals surface area contributed by atoms with Gasteiger partial charge in [0.15, 0.2) is 5.78 Å². The van der Waals surface area contributed by atoms with Gasteiger partial charge in [0.25, 0.3) is 0 Å². The average Bonchev–Trinajstić information content (AvgIpc) is 2.01. The van der Waals surface area contributed by atoms with Gasteiger partial charge in [-0.1, -0.05) is 23.7 Å². The number of rotatable bonds is 3. The molecule has 0 unspecified atom stereocenters. The van der Waals surface area contributed by atoms with Gasteiger partial charge in [0, 0.05) is 17.5 Å². The summed E-state index contributed by atoms with van der Waals surface area (Å²) < 4.78 is 0. The molecule has 0 amide bonds. The zero-order valence-corrected chi connectivity index (χ0v) is 9.14. The van der Waals surface area contributed by atoms with Crippen molar-refractivity contribution in [2.24, 2.45) is 5.73 Å². The van der Waals surface area contributed by atoms with E-state index in [-0.39, 0.29) is 5.78 Å². The van der Waals surface area contributed by atoms with Crippen LogP contribution in [0, 0.1) is 0 Å². The molecule has 1 aromatic rings. The number of Topliss-reactive ketones (excluding diaryl/α,β-unsaturated/α-hetero) is 1. The second-order valence-corrected chi connectivity index (χ2v) is 4.48. The Morgan fingerprint density at radius 2 is 2.00 bits per heavy atom. The lowest BCUT2D eigenvalue weighted by Crippen LogP contribution is -2.34. The topological polar surface area (TPSA) is 43.1 Å². The van der Waals surface area contributed by atoms with E-state index in [0.29, 0.717) is 17.0 Å². The number of hydrogen-bond donors (Lipinski definition) is 1. The van der Waals surface area contributed by atoms with E-state index in [2.05, 4.69) is 0 Å². The van der Waals surface area contributed by atoms with Crippen molar-refractivity contribution in [3.63, 3.8) is 0 Å². The van der Waals surface area contributed by atoms with Gasteiger partial charge in [0.1, 0.15) is 0 Å². The number of halogens is 1. The van der Waals surface area contributed by atoms with E-state index in [1.807, 2.05) is 13.8 Å². The first-order valence-corrected chi connectivity index (χ1v) is 4.84. The lowest BCUT2D eigenvalue weighted by atomic mass is 9.95. The van der Waals surface area contributed by atoms with Crippen LogP contribution >= 0.6 is 11.6 Å². The van der Waals surface area contributed by atoms with Crippen LogP contribution in [-0.4, -0.2) is 11.3 Å². The van der Waals surface area contributed by atoms with Crippen molar-refractivity contribution in [3.05, 3.63) is 34.9 Å². The van der Waals surface area contributed by atoms with Crippen molar-refractivity contribution in [2.45, 2.75) is 25.8 Å². The molecule has 1 rings (SSSR count). The van der Waals surface area contributed by atoms with Gasteiger partial charge in [-0.2, -0.15) is 0 Å². The minimum Gasteiger partial charge on any atom is -0.325 e. The average molecular weight is 212 g/mol. The molecule has 0 radical (unpaired) electrons. The van der Waals surface area contributed by atoms with Crippen LogP contribution in [0.25, 0.3) is 0 Å². The number of carbonyl (C=O) groups excluding carboxylic acids is 1. The Balaban J connectivity index is 2.86. The number of ketones is 1. The second-order valence-electron chi connectivity index (χ2n) is 4.07. The van der Waals surface area contributed by atoms with Crippen molar-refractivity contribution in [2.75, 3.05) is 0 Å². The Morgan fingerprint density at radius 3 is 2.50 bits per heavy atom. The molecule has 2 N–H and O–H groups in total. The Morgan fingerprint density at radius 1 is 1.43 bits per heavy atom. The van der Waals surface area contributed by atoms with Crippen LogP contribution in [0.1, 0.15) is 30.6 Å². The molecule has 0 saturated heterocycles. The molecule has 0 atom stereocenters. The van der Waals surface area contributed by atoms with Crippen LogP contribution in [0.4, 0.5) is 0 Å². The SMILES string of the molecule is CC(C)(N)CC(=O)c1ccccc1Cl. The summed E-state index contributed by atoms with van der Waals surface area (Å²) in [6, 6.07) is 7.02. The van der Waals surface area contributed by atoms with Gasteiger partial charge in [0.2, 0.25) is 0 Å². The first-order valence-electron chi connectivity index (χ1n) is 4.47. The van der Waals surface area contributed by atoms with Crippen molar-refractivity contribution in [3.8, 4) is 0 Å². The molecule has 2 nitrogen and oxygen atoms in total. The van der Waals surface area contributed by atoms with E-state index in [9.17, 15) is 4.79 Å². The zero-order valence-electron chi connectivity index (χ0n) is 8.38. The van der Waals surface area contributed by atoms with E-state index in [1.54, 1.807) is 24.3 Å². The molecule has 3 heteroatoms. The standard InChI is InChI=1S/C11H14ClNO/c1-11(2,13)7-10(14)8-5-3-4-6-9(8)12/h3-6H,7,13H2,1-2H3. The summed E-state index contributed by atoms with van der Waals surface area (Å²) >= 11 is 5.89. The van der Waals surface area contributed by atoms with Crippen LogP contribution in [0.15, 0.2) is 24.3 Å². The van der Waals surface area contributed by atoms with Crippen molar-refractivity contribution < 1.29 is 4.79 Å². The highest BCUT2D eigenvalue weighted by Gasteiger charge is 2.18. The maximum absolute atomic E-state index is 11.7. The highest BCUT2D eigenvalue weighted by molar-refractivity contribution is 6.33. The van der Waals surface area contributed by atoms with E-state index in [0.717, 1.165) is 0 Å². The molecule has 0 saturated carbocycles. The van der Waals surface area contributed by atoms with Crippen molar-refractivity contribution >= 4 is 17.4 Å². The Kier molecular flexibility index (Phi) is 3.29. The van der Waals surface area contributed by atoms with E-state index in [4.69, 9.17) is 17.3 Å². The van der Waals surface area contributed by atoms with Crippen molar-refractivity contribution in [1.29, 1.82) is 0 Å². The summed E-state index contributed by atoms with van der Waals surface area (Å²) in [5.74, 6) is -0.0110. The highest BCUT2D eigenvalue weighted by atomic mass is 35.5. The Hall–Kier alpha value is -0.860. The molecule has 0 aliphatic heterocycles. The van der Waals surface area contributed by atoms with Crippen LogP contribution in [0.3, 0.4) is 0 Å². The maximum atomic E-state index is 11.7. The smallest absolute Gasteiger partial charge is 0.166 e. The predicted octanol–water partition coefficient (Wildman–Crippen LogP) is 2.65. The van der Waals surface area contributed by atoms with Gasteiger partial charge in [0.05, 0.1) is 5.02 Å². The molecule has 1 aromatic carbocycles. The first-order chi connectivity index (χ1) is 6.40. The van der Waals surface area contributed by atoms with Gasteiger partial charge >= 0.3 is 0 Å². The Bertz CT molecular complexity index is 341. The Labute approximate surface area is 89.1 Å². The fourth-order valence-electron chi connectivity index (χ4n) is 1.20. The molecular formula is C11H14ClNO. The highest BCUT2D eigenvalue weighted by Crippen LogP contribution is 2.19. The normalized spacial score (nSPS) is 11.4. The number of hydrogen-bond acceptors (Lipinski definition) is 2. The summed E-state index contributed by atoms with van der Waals surface area (Å²) in [6.45, 7) is 3.64. The molecule has 0 aliphatic carbocycles. The third kappa shape index (κ3) is 3.13. The number of carbonyl (C=O) groups is 1. The monoisotopic (exact) mass is 211 g/mol. The van der Waals surface area contributed by atoms with Crippen LogP contribution < -0.4 is 5.73 Å². The molecule has 14 heavy (non-hydrogen) atoms. The second kappa shape index (κ2) is 4.11. The molecule has 0 aliphatic rings. The lowest BCUT2D eigenvalue weighted by molar-refractivity contribution is 0.0960. The molecule has 0 bridgehead atoms. The minimum absolute atomic E-state index is 0.0110. The molecule has 0 fully saturated rings. The molecular weight excluding hydrogens is 198 g/mol. The van der Waals surface area contributed by atoms with Gasteiger partial charge < -0.3 is 5.73 Å². The van der Waals surface area contributed by atoms with Gasteiger partial charge in [-0.05, 0) is 26.0 Å².